The lowest BCUT2D eigenvalue weighted by molar-refractivity contribution is -0.305. The summed E-state index contributed by atoms with van der Waals surface area (Å²) >= 11 is 0.949. The Morgan fingerprint density at radius 1 is 1.36 bits per heavy atom. The zero-order chi connectivity index (χ0) is 18.4. The zero-order valence-electron chi connectivity index (χ0n) is 13.4. The van der Waals surface area contributed by atoms with E-state index in [0.29, 0.717) is 5.69 Å². The number of amides is 1. The number of carboxylic acids is 1. The predicted octanol–water partition coefficient (Wildman–Crippen LogP) is -0.926. The fourth-order valence-corrected chi connectivity index (χ4v) is 2.60. The van der Waals surface area contributed by atoms with E-state index < -0.39 is 11.5 Å². The number of rotatable bonds is 7. The van der Waals surface area contributed by atoms with E-state index in [9.17, 15) is 19.5 Å². The van der Waals surface area contributed by atoms with E-state index in [1.165, 1.54) is 0 Å². The van der Waals surface area contributed by atoms with Gasteiger partial charge in [-0.15, -0.1) is 10.2 Å². The van der Waals surface area contributed by atoms with Crippen molar-refractivity contribution in [2.75, 3.05) is 16.9 Å². The summed E-state index contributed by atoms with van der Waals surface area (Å²) in [6.07, 6.45) is -0.473. The van der Waals surface area contributed by atoms with Gasteiger partial charge in [0.15, 0.2) is 0 Å². The molecule has 0 saturated heterocycles. The van der Waals surface area contributed by atoms with Crippen LogP contribution in [0.3, 0.4) is 0 Å². The van der Waals surface area contributed by atoms with Gasteiger partial charge < -0.3 is 21.1 Å². The molecule has 9 nitrogen and oxygen atoms in total. The molecule has 0 radical (unpaired) electrons. The number of carbonyl (C=O) groups excluding carboxylic acids is 2. The molecule has 0 atom stereocenters. The monoisotopic (exact) mass is 362 g/mol. The van der Waals surface area contributed by atoms with Crippen molar-refractivity contribution in [3.8, 4) is 0 Å². The van der Waals surface area contributed by atoms with Gasteiger partial charge >= 0.3 is 0 Å². The first-order valence-electron chi connectivity index (χ1n) is 7.29. The summed E-state index contributed by atoms with van der Waals surface area (Å²) in [5.41, 5.74) is 0.955. The Kier molecular flexibility index (Phi) is 6.12. The van der Waals surface area contributed by atoms with Gasteiger partial charge in [-0.3, -0.25) is 9.59 Å². The Morgan fingerprint density at radius 3 is 2.80 bits per heavy atom. The van der Waals surface area contributed by atoms with Crippen LogP contribution in [0.5, 0.6) is 0 Å². The van der Waals surface area contributed by atoms with E-state index in [1.807, 2.05) is 25.1 Å². The minimum Gasteiger partial charge on any atom is -0.550 e. The summed E-state index contributed by atoms with van der Waals surface area (Å²) in [7, 11) is 0. The molecule has 0 aliphatic rings. The highest BCUT2D eigenvalue weighted by atomic mass is 32.2. The van der Waals surface area contributed by atoms with Crippen LogP contribution in [0.4, 0.5) is 5.69 Å². The first kappa shape index (κ1) is 18.5. The molecule has 0 aliphatic heterocycles. The van der Waals surface area contributed by atoms with Crippen molar-refractivity contribution in [2.24, 2.45) is 0 Å². The molecule has 0 saturated carbocycles. The molecule has 1 amide bonds. The van der Waals surface area contributed by atoms with Crippen LogP contribution in [0.25, 0.3) is 0 Å². The van der Waals surface area contributed by atoms with Crippen LogP contribution < -0.4 is 21.8 Å². The first-order valence-corrected chi connectivity index (χ1v) is 8.28. The van der Waals surface area contributed by atoms with Gasteiger partial charge in [-0.05, 0) is 31.0 Å². The van der Waals surface area contributed by atoms with E-state index in [2.05, 4.69) is 15.5 Å². The normalized spacial score (nSPS) is 10.4. The summed E-state index contributed by atoms with van der Waals surface area (Å²) in [5, 5.41) is 20.7. The zero-order valence-corrected chi connectivity index (χ0v) is 14.2. The van der Waals surface area contributed by atoms with Gasteiger partial charge in [0.25, 0.3) is 5.56 Å². The number of nitrogens with zero attached hydrogens (tertiary/aromatic N) is 3. The second-order valence-electron chi connectivity index (χ2n) is 5.18. The lowest BCUT2D eigenvalue weighted by atomic mass is 10.2. The van der Waals surface area contributed by atoms with Crippen LogP contribution in [0.2, 0.25) is 0 Å². The van der Waals surface area contributed by atoms with E-state index in [-0.39, 0.29) is 35.4 Å². The number of thioether (sulfide) groups is 1. The molecule has 1 aromatic heterocycles. The van der Waals surface area contributed by atoms with Crippen LogP contribution in [-0.2, 0) is 16.0 Å². The van der Waals surface area contributed by atoms with E-state index in [1.54, 1.807) is 6.07 Å². The minimum atomic E-state index is -1.30. The summed E-state index contributed by atoms with van der Waals surface area (Å²) in [6, 6.07) is 7.33. The molecule has 1 heterocycles. The molecule has 2 aromatic rings. The number of carboxylic acid groups (broad SMARTS) is 1. The maximum atomic E-state index is 12.0. The van der Waals surface area contributed by atoms with Gasteiger partial charge in [-0.25, -0.2) is 0 Å². The number of nitrogen functional groups attached to an aromatic ring is 1. The molecule has 25 heavy (non-hydrogen) atoms. The fourth-order valence-electron chi connectivity index (χ4n) is 1.95. The topological polar surface area (TPSA) is 143 Å². The number of aliphatic carboxylic acids is 1. The van der Waals surface area contributed by atoms with Gasteiger partial charge in [0.05, 0.1) is 5.75 Å². The smallest absolute Gasteiger partial charge is 0.294 e. The Labute approximate surface area is 147 Å². The van der Waals surface area contributed by atoms with E-state index in [4.69, 9.17) is 5.84 Å². The molecule has 1 aromatic carbocycles. The first-order chi connectivity index (χ1) is 11.9. The molecule has 2 rings (SSSR count). The molecule has 3 N–H and O–H groups in total. The van der Waals surface area contributed by atoms with Crippen molar-refractivity contribution < 1.29 is 14.7 Å². The molecule has 0 fully saturated rings. The molecule has 10 heteroatoms. The van der Waals surface area contributed by atoms with Crippen LogP contribution in [0, 0.1) is 6.92 Å². The number of nitrogens with two attached hydrogens (primary N) is 1. The number of carbonyl (C=O) groups is 2. The van der Waals surface area contributed by atoms with Gasteiger partial charge in [-0.2, -0.15) is 4.68 Å². The minimum absolute atomic E-state index is 0.0162. The Balaban J connectivity index is 1.98. The van der Waals surface area contributed by atoms with Crippen LogP contribution in [-0.4, -0.2) is 32.5 Å². The molecular weight excluding hydrogens is 346 g/mol. The molecule has 0 aliphatic carbocycles. The standard InChI is InChI=1S/C15H17N5O4S/c1-9-3-2-4-10(7-9)17-12(21)8-25-15-19-18-11(5-6-13(22)23)14(24)20(15)16/h2-4,7H,5-6,8,16H2,1H3,(H,17,21)(H,22,23)/p-1. The van der Waals surface area contributed by atoms with E-state index >= 15 is 0 Å². The second kappa shape index (κ2) is 8.29. The summed E-state index contributed by atoms with van der Waals surface area (Å²) < 4.78 is 0.752. The molecule has 0 bridgehead atoms. The highest BCUT2D eigenvalue weighted by Gasteiger charge is 2.12. The number of aromatic nitrogens is 3. The van der Waals surface area contributed by atoms with Gasteiger partial charge in [0.1, 0.15) is 5.69 Å². The second-order valence-corrected chi connectivity index (χ2v) is 6.13. The molecule has 0 unspecified atom stereocenters. The fraction of sp³-hybridized carbons (Fsp3) is 0.267. The van der Waals surface area contributed by atoms with Gasteiger partial charge in [0.2, 0.25) is 11.1 Å². The van der Waals surface area contributed by atoms with Crippen LogP contribution >= 0.6 is 11.8 Å². The largest absolute Gasteiger partial charge is 0.550 e. The third-order valence-electron chi connectivity index (χ3n) is 3.13. The molecule has 132 valence electrons. The third-order valence-corrected chi connectivity index (χ3v) is 4.07. The van der Waals surface area contributed by atoms with Crippen molar-refractivity contribution in [3.05, 3.63) is 45.9 Å². The third kappa shape index (κ3) is 5.31. The number of benzene rings is 1. The number of nitrogens with one attached hydrogen (secondary N) is 1. The Morgan fingerprint density at radius 2 is 2.12 bits per heavy atom. The number of hydrogen-bond acceptors (Lipinski definition) is 8. The number of aryl methyl sites for hydroxylation is 2. The van der Waals surface area contributed by atoms with Crippen molar-refractivity contribution >= 4 is 29.3 Å². The van der Waals surface area contributed by atoms with Gasteiger partial charge in [0, 0.05) is 18.1 Å². The van der Waals surface area contributed by atoms with Crippen LogP contribution in [0.15, 0.2) is 34.2 Å². The maximum Gasteiger partial charge on any atom is 0.294 e. The Bertz CT molecular complexity index is 852. The van der Waals surface area contributed by atoms with E-state index in [0.717, 1.165) is 22.0 Å². The average molecular weight is 362 g/mol. The van der Waals surface area contributed by atoms with Crippen molar-refractivity contribution in [1.82, 2.24) is 14.9 Å². The summed E-state index contributed by atoms with van der Waals surface area (Å²) in [4.78, 5) is 34.4. The van der Waals surface area contributed by atoms with Crippen LogP contribution in [0.1, 0.15) is 17.7 Å². The number of hydrogen-bond donors (Lipinski definition) is 2. The molecular formula is C15H16N5O4S-. The lowest BCUT2D eigenvalue weighted by Crippen LogP contribution is -2.34. The molecule has 0 spiro atoms. The maximum absolute atomic E-state index is 12.0. The quantitative estimate of drug-likeness (QED) is 0.475. The highest BCUT2D eigenvalue weighted by molar-refractivity contribution is 7.99. The van der Waals surface area contributed by atoms with Crippen molar-refractivity contribution in [3.63, 3.8) is 0 Å². The average Bonchev–Trinajstić information content (AvgIpc) is 2.55. The van der Waals surface area contributed by atoms with Gasteiger partial charge in [-0.1, -0.05) is 23.9 Å². The predicted molar refractivity (Wildman–Crippen MR) is 90.3 cm³/mol. The Hall–Kier alpha value is -2.88. The SMILES string of the molecule is Cc1cccc(NC(=O)CSc2nnc(CCC(=O)[O-])c(=O)n2N)c1. The van der Waals surface area contributed by atoms with Crippen molar-refractivity contribution in [1.29, 1.82) is 0 Å². The van der Waals surface area contributed by atoms with Crippen molar-refractivity contribution in [2.45, 2.75) is 24.9 Å². The lowest BCUT2D eigenvalue weighted by Gasteiger charge is -2.08. The summed E-state index contributed by atoms with van der Waals surface area (Å²) in [5.74, 6) is 4.04. The number of anilines is 1. The highest BCUT2D eigenvalue weighted by Crippen LogP contribution is 2.14. The summed E-state index contributed by atoms with van der Waals surface area (Å²) in [6.45, 7) is 1.91.